The highest BCUT2D eigenvalue weighted by molar-refractivity contribution is 7.07. The van der Waals surface area contributed by atoms with Gasteiger partial charge in [0.05, 0.1) is 12.5 Å². The van der Waals surface area contributed by atoms with Crippen LogP contribution in [-0.4, -0.2) is 16.5 Å². The van der Waals surface area contributed by atoms with E-state index in [0.717, 1.165) is 27.7 Å². The van der Waals surface area contributed by atoms with E-state index in [2.05, 4.69) is 5.32 Å². The molecule has 0 atom stereocenters. The molecule has 0 bridgehead atoms. The average Bonchev–Trinajstić information content (AvgIpc) is 3.36. The number of nitrogens with one attached hydrogen (secondary N) is 1. The molecule has 1 fully saturated rings. The van der Waals surface area contributed by atoms with E-state index in [1.165, 1.54) is 25.7 Å². The van der Waals surface area contributed by atoms with Gasteiger partial charge in [-0.25, -0.2) is 0 Å². The Hall–Kier alpha value is -2.57. The van der Waals surface area contributed by atoms with Gasteiger partial charge >= 0.3 is 0 Å². The van der Waals surface area contributed by atoms with E-state index in [-0.39, 0.29) is 18.3 Å². The summed E-state index contributed by atoms with van der Waals surface area (Å²) in [5.74, 6) is 1.48. The molecule has 2 aromatic carbocycles. The number of benzene rings is 2. The Morgan fingerprint density at radius 3 is 2.47 bits per heavy atom. The minimum atomic E-state index is -0.0393. The molecule has 0 unspecified atom stereocenters. The predicted molar refractivity (Wildman–Crippen MR) is 124 cm³/mol. The standard InChI is InChI=1S/C23H25N3O2S.ClH/c1-26-19(16-29-23(26)25-17-7-5-6-8-17)15-22(27)24-18-11-13-21(14-12-18)28-20-9-3-2-4-10-20;/h2-4,9-14,16-17H,5-8,15H2,1H3,(H,24,27);1H. The van der Waals surface area contributed by atoms with Crippen LogP contribution in [0.5, 0.6) is 11.5 Å². The lowest BCUT2D eigenvalue weighted by atomic mass is 10.2. The number of hydrogen-bond donors (Lipinski definition) is 1. The first-order valence-electron chi connectivity index (χ1n) is 9.97. The third-order valence-corrected chi connectivity index (χ3v) is 6.07. The second-order valence-corrected chi connectivity index (χ2v) is 8.14. The second-order valence-electron chi connectivity index (χ2n) is 7.30. The van der Waals surface area contributed by atoms with Crippen LogP contribution in [0.4, 0.5) is 5.69 Å². The van der Waals surface area contributed by atoms with Gasteiger partial charge in [-0.1, -0.05) is 31.0 Å². The van der Waals surface area contributed by atoms with Gasteiger partial charge in [0.15, 0.2) is 4.80 Å². The van der Waals surface area contributed by atoms with Crippen molar-refractivity contribution in [3.63, 3.8) is 0 Å². The topological polar surface area (TPSA) is 55.6 Å². The Balaban J connectivity index is 0.00000256. The Morgan fingerprint density at radius 1 is 1.10 bits per heavy atom. The van der Waals surface area contributed by atoms with Gasteiger partial charge in [-0.3, -0.25) is 9.79 Å². The molecule has 0 radical (unpaired) electrons. The summed E-state index contributed by atoms with van der Waals surface area (Å²) in [6.07, 6.45) is 5.23. The number of anilines is 1. The van der Waals surface area contributed by atoms with Gasteiger partial charge in [0.25, 0.3) is 0 Å². The zero-order valence-corrected chi connectivity index (χ0v) is 18.5. The molecule has 158 valence electrons. The number of aromatic nitrogens is 1. The van der Waals surface area contributed by atoms with E-state index < -0.39 is 0 Å². The normalized spacial score (nSPS) is 14.4. The highest BCUT2D eigenvalue weighted by Crippen LogP contribution is 2.23. The summed E-state index contributed by atoms with van der Waals surface area (Å²) in [7, 11) is 1.99. The number of thiazole rings is 1. The Morgan fingerprint density at radius 2 is 1.77 bits per heavy atom. The predicted octanol–water partition coefficient (Wildman–Crippen LogP) is 5.33. The Labute approximate surface area is 186 Å². The van der Waals surface area contributed by atoms with E-state index in [1.54, 1.807) is 11.3 Å². The lowest BCUT2D eigenvalue weighted by molar-refractivity contribution is -0.115. The van der Waals surface area contributed by atoms with Gasteiger partial charge < -0.3 is 14.6 Å². The van der Waals surface area contributed by atoms with Crippen molar-refractivity contribution in [2.45, 2.75) is 38.1 Å². The molecule has 0 aliphatic heterocycles. The first kappa shape index (κ1) is 22.1. The van der Waals surface area contributed by atoms with Gasteiger partial charge in [0.2, 0.25) is 5.91 Å². The fourth-order valence-electron chi connectivity index (χ4n) is 3.47. The maximum absolute atomic E-state index is 12.5. The van der Waals surface area contributed by atoms with Crippen LogP contribution in [0.2, 0.25) is 0 Å². The molecule has 30 heavy (non-hydrogen) atoms. The quantitative estimate of drug-likeness (QED) is 0.560. The van der Waals surface area contributed by atoms with Crippen molar-refractivity contribution >= 4 is 35.3 Å². The van der Waals surface area contributed by atoms with Crippen molar-refractivity contribution < 1.29 is 9.53 Å². The molecular weight excluding hydrogens is 418 g/mol. The number of hydrogen-bond acceptors (Lipinski definition) is 4. The fraction of sp³-hybridized carbons (Fsp3) is 0.304. The second kappa shape index (κ2) is 10.5. The number of rotatable bonds is 6. The number of carbonyl (C=O) groups is 1. The first-order valence-corrected chi connectivity index (χ1v) is 10.9. The van der Waals surface area contributed by atoms with E-state index in [0.29, 0.717) is 12.5 Å². The summed E-state index contributed by atoms with van der Waals surface area (Å²) in [6, 6.07) is 17.5. The summed E-state index contributed by atoms with van der Waals surface area (Å²) in [4.78, 5) is 18.3. The molecule has 0 spiro atoms. The van der Waals surface area contributed by atoms with Crippen LogP contribution in [0.3, 0.4) is 0 Å². The molecule has 1 aliphatic rings. The summed E-state index contributed by atoms with van der Waals surface area (Å²) in [5.41, 5.74) is 1.73. The molecule has 7 heteroatoms. The first-order chi connectivity index (χ1) is 14.2. The lowest BCUT2D eigenvalue weighted by Gasteiger charge is -2.08. The van der Waals surface area contributed by atoms with E-state index >= 15 is 0 Å². The molecule has 0 saturated heterocycles. The molecule has 1 saturated carbocycles. The zero-order chi connectivity index (χ0) is 20.1. The van der Waals surface area contributed by atoms with Crippen molar-refractivity contribution in [2.75, 3.05) is 5.32 Å². The van der Waals surface area contributed by atoms with Crippen LogP contribution in [0.1, 0.15) is 31.4 Å². The summed E-state index contributed by atoms with van der Waals surface area (Å²) in [6.45, 7) is 0. The van der Waals surface area contributed by atoms with Crippen LogP contribution in [0, 0.1) is 0 Å². The Kier molecular flexibility index (Phi) is 7.71. The third kappa shape index (κ3) is 5.74. The van der Waals surface area contributed by atoms with E-state index in [9.17, 15) is 4.79 Å². The monoisotopic (exact) mass is 443 g/mol. The fourth-order valence-corrected chi connectivity index (χ4v) is 4.44. The lowest BCUT2D eigenvalue weighted by Crippen LogP contribution is -2.20. The van der Waals surface area contributed by atoms with Gasteiger partial charge in [-0.2, -0.15) is 0 Å². The third-order valence-electron chi connectivity index (χ3n) is 5.09. The van der Waals surface area contributed by atoms with Crippen molar-refractivity contribution in [1.29, 1.82) is 0 Å². The minimum Gasteiger partial charge on any atom is -0.457 e. The molecule has 3 aromatic rings. The molecule has 1 aliphatic carbocycles. The molecule has 1 aromatic heterocycles. The highest BCUT2D eigenvalue weighted by atomic mass is 35.5. The van der Waals surface area contributed by atoms with Gasteiger partial charge in [0, 0.05) is 23.8 Å². The van der Waals surface area contributed by atoms with Gasteiger partial charge in [-0.15, -0.1) is 23.7 Å². The summed E-state index contributed by atoms with van der Waals surface area (Å²) < 4.78 is 7.82. The number of carbonyl (C=O) groups excluding carboxylic acids is 1. The van der Waals surface area contributed by atoms with Crippen molar-refractivity contribution in [2.24, 2.45) is 12.0 Å². The maximum Gasteiger partial charge on any atom is 0.230 e. The molecule has 1 amide bonds. The van der Waals surface area contributed by atoms with Gasteiger partial charge in [-0.05, 0) is 49.2 Å². The zero-order valence-electron chi connectivity index (χ0n) is 16.9. The largest absolute Gasteiger partial charge is 0.457 e. The molecule has 5 nitrogen and oxygen atoms in total. The van der Waals surface area contributed by atoms with Crippen LogP contribution >= 0.6 is 23.7 Å². The Bertz CT molecular complexity index is 1020. The van der Waals surface area contributed by atoms with Gasteiger partial charge in [0.1, 0.15) is 11.5 Å². The van der Waals surface area contributed by atoms with Crippen molar-refractivity contribution in [3.8, 4) is 11.5 Å². The molecule has 1 N–H and O–H groups in total. The number of nitrogens with zero attached hydrogens (tertiary/aromatic N) is 2. The maximum atomic E-state index is 12.5. The molecule has 1 heterocycles. The average molecular weight is 444 g/mol. The van der Waals surface area contributed by atoms with E-state index in [4.69, 9.17) is 9.73 Å². The SMILES string of the molecule is Cl.Cn1c(CC(=O)Nc2ccc(Oc3ccccc3)cc2)csc1=NC1CCCC1. The number of para-hydroxylation sites is 1. The highest BCUT2D eigenvalue weighted by Gasteiger charge is 2.14. The van der Waals surface area contributed by atoms with Crippen LogP contribution in [0.15, 0.2) is 65.0 Å². The minimum absolute atomic E-state index is 0. The molecule has 4 rings (SSSR count). The van der Waals surface area contributed by atoms with Crippen LogP contribution in [-0.2, 0) is 18.3 Å². The summed E-state index contributed by atoms with van der Waals surface area (Å²) in [5, 5.41) is 4.99. The molecular formula is C23H26ClN3O2S. The van der Waals surface area contributed by atoms with Crippen LogP contribution < -0.4 is 14.9 Å². The summed E-state index contributed by atoms with van der Waals surface area (Å²) >= 11 is 1.61. The smallest absolute Gasteiger partial charge is 0.230 e. The number of halogens is 1. The number of ether oxygens (including phenoxy) is 1. The number of amides is 1. The van der Waals surface area contributed by atoms with E-state index in [1.807, 2.05) is 71.6 Å². The van der Waals surface area contributed by atoms with Crippen LogP contribution in [0.25, 0.3) is 0 Å². The van der Waals surface area contributed by atoms with Crippen molar-refractivity contribution in [1.82, 2.24) is 4.57 Å². The van der Waals surface area contributed by atoms with Crippen molar-refractivity contribution in [3.05, 3.63) is 70.5 Å².